The van der Waals surface area contributed by atoms with Crippen molar-refractivity contribution < 1.29 is 14.6 Å². The average Bonchev–Trinajstić information content (AvgIpc) is 1.86. The lowest BCUT2D eigenvalue weighted by Crippen LogP contribution is -2.04. The van der Waals surface area contributed by atoms with Gasteiger partial charge in [-0.1, -0.05) is 6.07 Å². The number of anilines is 1. The lowest BCUT2D eigenvalue weighted by atomic mass is 10.2. The second-order valence-electron chi connectivity index (χ2n) is 2.12. The highest BCUT2D eigenvalue weighted by Gasteiger charge is 2.30. The summed E-state index contributed by atoms with van der Waals surface area (Å²) in [7, 11) is 0. The topological polar surface area (TPSA) is 26.0 Å². The molecule has 0 aliphatic heterocycles. The second kappa shape index (κ2) is 2.45. The third-order valence-electron chi connectivity index (χ3n) is 1.21. The van der Waals surface area contributed by atoms with E-state index < -0.39 is 11.7 Å². The molecule has 1 aromatic carbocycles. The number of benzene rings is 1. The van der Waals surface area contributed by atoms with Crippen molar-refractivity contribution in [2.24, 2.45) is 0 Å². The van der Waals surface area contributed by atoms with E-state index in [0.717, 1.165) is 12.1 Å². The summed E-state index contributed by atoms with van der Waals surface area (Å²) in [5.41, 5.74) is 4.57. The van der Waals surface area contributed by atoms with E-state index in [0.29, 0.717) is 0 Å². The number of rotatable bonds is 0. The van der Waals surface area contributed by atoms with Gasteiger partial charge in [0, 0.05) is 7.11 Å². The smallest absolute Gasteiger partial charge is 0.399 e. The van der Waals surface area contributed by atoms with Gasteiger partial charge in [-0.3, -0.25) is 0 Å². The molecule has 0 atom stereocenters. The molecule has 0 spiro atoms. The van der Waals surface area contributed by atoms with E-state index in [-0.39, 0.29) is 7.11 Å². The van der Waals surface area contributed by atoms with Crippen LogP contribution in [0.3, 0.4) is 0 Å². The van der Waals surface area contributed by atoms with Gasteiger partial charge in [0.1, 0.15) is 0 Å². The fourth-order valence-electron chi connectivity index (χ4n) is 0.715. The number of hydrogen-bond donors (Lipinski definition) is 1. The summed E-state index contributed by atoms with van der Waals surface area (Å²) in [6.07, 6.45) is -4.30. The zero-order valence-corrected chi connectivity index (χ0v) is 5.52. The van der Waals surface area contributed by atoms with Crippen LogP contribution < -0.4 is 5.73 Å². The summed E-state index contributed by atoms with van der Waals surface area (Å²) in [6, 6.07) is 4.57. The minimum absolute atomic E-state index is 0. The molecular weight excluding hydrogens is 155 g/mol. The first kappa shape index (κ1) is 7.91. The van der Waals surface area contributed by atoms with E-state index in [2.05, 4.69) is 0 Å². The zero-order chi connectivity index (χ0) is 8.48. The SMILES string of the molecule is Nc1cccc(C(F)(F)F)c1.[HH]. The molecule has 1 aromatic rings. The number of alkyl halides is 3. The van der Waals surface area contributed by atoms with Gasteiger partial charge in [0.05, 0.1) is 5.56 Å². The molecule has 0 aliphatic carbocycles. The lowest BCUT2D eigenvalue weighted by Gasteiger charge is -2.05. The molecule has 0 aromatic heterocycles. The maximum Gasteiger partial charge on any atom is 0.416 e. The second-order valence-corrected chi connectivity index (χ2v) is 2.12. The van der Waals surface area contributed by atoms with Crippen molar-refractivity contribution in [3.8, 4) is 0 Å². The van der Waals surface area contributed by atoms with Crippen molar-refractivity contribution in [1.82, 2.24) is 0 Å². The molecule has 1 nitrogen and oxygen atoms in total. The fourth-order valence-corrected chi connectivity index (χ4v) is 0.715. The van der Waals surface area contributed by atoms with Crippen LogP contribution >= 0.6 is 0 Å². The van der Waals surface area contributed by atoms with Crippen LogP contribution in [-0.4, -0.2) is 0 Å². The Morgan fingerprint density at radius 2 is 1.91 bits per heavy atom. The quantitative estimate of drug-likeness (QED) is 0.584. The Kier molecular flexibility index (Phi) is 1.76. The van der Waals surface area contributed by atoms with E-state index in [1.54, 1.807) is 0 Å². The van der Waals surface area contributed by atoms with E-state index in [1.165, 1.54) is 12.1 Å². The minimum Gasteiger partial charge on any atom is -0.399 e. The van der Waals surface area contributed by atoms with Crippen LogP contribution in [0.4, 0.5) is 18.9 Å². The molecule has 4 heteroatoms. The Morgan fingerprint density at radius 1 is 1.27 bits per heavy atom. The van der Waals surface area contributed by atoms with Crippen molar-refractivity contribution in [2.75, 3.05) is 5.73 Å². The monoisotopic (exact) mass is 163 g/mol. The number of hydrogen-bond acceptors (Lipinski definition) is 1. The van der Waals surface area contributed by atoms with Gasteiger partial charge in [-0.15, -0.1) is 0 Å². The Bertz CT molecular complexity index is 259. The number of nitrogens with two attached hydrogens (primary N) is 1. The van der Waals surface area contributed by atoms with Gasteiger partial charge < -0.3 is 5.73 Å². The molecule has 11 heavy (non-hydrogen) atoms. The van der Waals surface area contributed by atoms with Crippen LogP contribution in [-0.2, 0) is 6.18 Å². The van der Waals surface area contributed by atoms with E-state index >= 15 is 0 Å². The molecule has 0 unspecified atom stereocenters. The molecule has 0 saturated carbocycles. The summed E-state index contributed by atoms with van der Waals surface area (Å²) in [5, 5.41) is 0. The molecule has 0 aliphatic rings. The predicted molar refractivity (Wildman–Crippen MR) is 38.0 cm³/mol. The van der Waals surface area contributed by atoms with Crippen LogP contribution in [0.1, 0.15) is 6.99 Å². The van der Waals surface area contributed by atoms with Crippen LogP contribution in [0.5, 0.6) is 0 Å². The van der Waals surface area contributed by atoms with Crippen molar-refractivity contribution in [1.29, 1.82) is 0 Å². The standard InChI is InChI=1S/C7H6F3N.H2/c8-7(9,10)5-2-1-3-6(11)4-5;/h1-4H,11H2;1H. The Balaban J connectivity index is 0.00000121. The highest BCUT2D eigenvalue weighted by atomic mass is 19.4. The Labute approximate surface area is 63.1 Å². The molecule has 2 N–H and O–H groups in total. The molecule has 62 valence electrons. The van der Waals surface area contributed by atoms with Gasteiger partial charge >= 0.3 is 6.18 Å². The summed E-state index contributed by atoms with van der Waals surface area (Å²) >= 11 is 0. The average molecular weight is 163 g/mol. The van der Waals surface area contributed by atoms with Crippen molar-refractivity contribution in [3.63, 3.8) is 0 Å². The molecule has 1 rings (SSSR count). The third-order valence-corrected chi connectivity index (χ3v) is 1.21. The number of halogens is 3. The molecule has 0 saturated heterocycles. The van der Waals surface area contributed by atoms with E-state index in [9.17, 15) is 13.2 Å². The molecule has 0 amide bonds. The first-order chi connectivity index (χ1) is 5.00. The highest BCUT2D eigenvalue weighted by Crippen LogP contribution is 2.29. The fraction of sp³-hybridized carbons (Fsp3) is 0.143. The predicted octanol–water partition coefficient (Wildman–Crippen LogP) is 2.53. The number of nitrogen functional groups attached to an aromatic ring is 1. The van der Waals surface area contributed by atoms with Crippen LogP contribution in [0, 0.1) is 0 Å². The van der Waals surface area contributed by atoms with Gasteiger partial charge in [-0.25, -0.2) is 0 Å². The molecule has 0 radical (unpaired) electrons. The maximum absolute atomic E-state index is 11.9. The summed E-state index contributed by atoms with van der Waals surface area (Å²) in [4.78, 5) is 0. The minimum atomic E-state index is -4.30. The zero-order valence-electron chi connectivity index (χ0n) is 5.52. The molecule has 0 fully saturated rings. The van der Waals surface area contributed by atoms with Gasteiger partial charge in [-0.05, 0) is 18.2 Å². The highest BCUT2D eigenvalue weighted by molar-refractivity contribution is 5.41. The molecule has 0 bridgehead atoms. The van der Waals surface area contributed by atoms with Gasteiger partial charge in [0.25, 0.3) is 0 Å². The third kappa shape index (κ3) is 1.86. The lowest BCUT2D eigenvalue weighted by molar-refractivity contribution is -0.137. The van der Waals surface area contributed by atoms with Crippen LogP contribution in [0.15, 0.2) is 24.3 Å². The van der Waals surface area contributed by atoms with Gasteiger partial charge in [0.15, 0.2) is 0 Å². The maximum atomic E-state index is 11.9. The largest absolute Gasteiger partial charge is 0.416 e. The first-order valence-electron chi connectivity index (χ1n) is 2.93. The van der Waals surface area contributed by atoms with E-state index in [4.69, 9.17) is 5.73 Å². The summed E-state index contributed by atoms with van der Waals surface area (Å²) in [6.45, 7) is 0. The van der Waals surface area contributed by atoms with Crippen molar-refractivity contribution in [3.05, 3.63) is 29.8 Å². The van der Waals surface area contributed by atoms with Crippen molar-refractivity contribution in [2.45, 2.75) is 6.18 Å². The molecular formula is C7H8F3N. The Morgan fingerprint density at radius 3 is 2.27 bits per heavy atom. The normalized spacial score (nSPS) is 11.5. The van der Waals surface area contributed by atoms with Crippen LogP contribution in [0.25, 0.3) is 0 Å². The first-order valence-corrected chi connectivity index (χ1v) is 2.93. The van der Waals surface area contributed by atoms with Gasteiger partial charge in [0.2, 0.25) is 0 Å². The summed E-state index contributed by atoms with van der Waals surface area (Å²) < 4.78 is 35.7. The van der Waals surface area contributed by atoms with Gasteiger partial charge in [-0.2, -0.15) is 13.2 Å². The molecule has 0 heterocycles. The van der Waals surface area contributed by atoms with Crippen molar-refractivity contribution >= 4 is 5.69 Å². The Hall–Kier alpha value is -1.19. The summed E-state index contributed by atoms with van der Waals surface area (Å²) in [5.74, 6) is 0. The van der Waals surface area contributed by atoms with E-state index in [1.807, 2.05) is 0 Å². The van der Waals surface area contributed by atoms with Crippen LogP contribution in [0.2, 0.25) is 0 Å².